The van der Waals surface area contributed by atoms with Crippen molar-refractivity contribution in [2.24, 2.45) is 5.92 Å². The molecule has 2 amide bonds. The van der Waals surface area contributed by atoms with E-state index in [0.717, 1.165) is 16.8 Å². The Morgan fingerprint density at radius 3 is 2.85 bits per heavy atom. The second kappa shape index (κ2) is 5.87. The molecule has 0 aromatic heterocycles. The molecule has 5 rings (SSSR count). The van der Waals surface area contributed by atoms with Crippen LogP contribution in [0.4, 0.5) is 10.1 Å². The molecule has 0 saturated carbocycles. The van der Waals surface area contributed by atoms with Gasteiger partial charge in [0.15, 0.2) is 0 Å². The lowest BCUT2D eigenvalue weighted by Gasteiger charge is -2.40. The molecule has 3 N–H and O–H groups in total. The van der Waals surface area contributed by atoms with E-state index in [9.17, 15) is 14.0 Å². The molecule has 27 heavy (non-hydrogen) atoms. The van der Waals surface area contributed by atoms with Crippen LogP contribution in [0.25, 0.3) is 0 Å². The molecule has 2 aromatic rings. The Bertz CT molecular complexity index is 949. The van der Waals surface area contributed by atoms with Gasteiger partial charge in [0.1, 0.15) is 5.82 Å². The first-order valence-corrected chi connectivity index (χ1v) is 9.03. The maximum absolute atomic E-state index is 13.7. The molecule has 1 spiro atoms. The molecule has 3 unspecified atom stereocenters. The number of fused-ring (bicyclic) bond motifs is 4. The number of benzene rings is 2. The van der Waals surface area contributed by atoms with Crippen LogP contribution in [0, 0.1) is 11.7 Å². The number of amides is 2. The minimum Gasteiger partial charge on any atom is -0.339 e. The maximum Gasteiger partial charge on any atom is 0.239 e. The first kappa shape index (κ1) is 16.4. The van der Waals surface area contributed by atoms with Crippen molar-refractivity contribution in [1.29, 1.82) is 0 Å². The molecule has 3 aliphatic heterocycles. The summed E-state index contributed by atoms with van der Waals surface area (Å²) in [6.07, 6.45) is -0.176. The SMILES string of the molecule is O=C1CC2(C(=O)N(Cc3cccc(F)c3)c3ccccc32)C2CNNC2N1. The van der Waals surface area contributed by atoms with Crippen LogP contribution >= 0.6 is 0 Å². The van der Waals surface area contributed by atoms with E-state index in [1.807, 2.05) is 24.3 Å². The van der Waals surface area contributed by atoms with Crippen LogP contribution in [0.15, 0.2) is 48.5 Å². The van der Waals surface area contributed by atoms with E-state index in [4.69, 9.17) is 0 Å². The molecular formula is C20H19FN4O2. The summed E-state index contributed by atoms with van der Waals surface area (Å²) >= 11 is 0. The van der Waals surface area contributed by atoms with E-state index >= 15 is 0 Å². The molecule has 7 heteroatoms. The van der Waals surface area contributed by atoms with Gasteiger partial charge in [-0.25, -0.2) is 9.82 Å². The lowest BCUT2D eigenvalue weighted by molar-refractivity contribution is -0.136. The van der Waals surface area contributed by atoms with Crippen LogP contribution in [-0.4, -0.2) is 24.5 Å². The number of hydrogen-bond donors (Lipinski definition) is 3. The van der Waals surface area contributed by atoms with Gasteiger partial charge < -0.3 is 10.2 Å². The van der Waals surface area contributed by atoms with Crippen molar-refractivity contribution in [2.45, 2.75) is 24.5 Å². The Morgan fingerprint density at radius 2 is 2.00 bits per heavy atom. The lowest BCUT2D eigenvalue weighted by Crippen LogP contribution is -2.62. The summed E-state index contributed by atoms with van der Waals surface area (Å²) in [6, 6.07) is 13.9. The van der Waals surface area contributed by atoms with E-state index in [0.29, 0.717) is 6.54 Å². The van der Waals surface area contributed by atoms with Gasteiger partial charge in [0.05, 0.1) is 18.1 Å². The summed E-state index contributed by atoms with van der Waals surface area (Å²) in [4.78, 5) is 27.8. The summed E-state index contributed by atoms with van der Waals surface area (Å²) in [5, 5.41) is 2.92. The van der Waals surface area contributed by atoms with E-state index in [1.54, 1.807) is 17.0 Å². The van der Waals surface area contributed by atoms with Crippen molar-refractivity contribution in [3.63, 3.8) is 0 Å². The van der Waals surface area contributed by atoms with Gasteiger partial charge in [-0.05, 0) is 29.3 Å². The van der Waals surface area contributed by atoms with Gasteiger partial charge in [0.2, 0.25) is 11.8 Å². The van der Waals surface area contributed by atoms with Crippen molar-refractivity contribution in [2.75, 3.05) is 11.4 Å². The quantitative estimate of drug-likeness (QED) is 0.746. The van der Waals surface area contributed by atoms with Gasteiger partial charge >= 0.3 is 0 Å². The zero-order chi connectivity index (χ0) is 18.6. The Hall–Kier alpha value is -2.77. The maximum atomic E-state index is 13.7. The highest BCUT2D eigenvalue weighted by molar-refractivity contribution is 6.11. The zero-order valence-electron chi connectivity index (χ0n) is 14.5. The number of carbonyl (C=O) groups is 2. The highest BCUT2D eigenvalue weighted by atomic mass is 19.1. The van der Waals surface area contributed by atoms with Crippen molar-refractivity contribution in [3.8, 4) is 0 Å². The van der Waals surface area contributed by atoms with Gasteiger partial charge in [0.25, 0.3) is 0 Å². The highest BCUT2D eigenvalue weighted by Gasteiger charge is 2.61. The number of nitrogens with zero attached hydrogens (tertiary/aromatic N) is 1. The number of anilines is 1. The Kier molecular flexibility index (Phi) is 3.57. The number of piperidine rings is 1. The largest absolute Gasteiger partial charge is 0.339 e. The fraction of sp³-hybridized carbons (Fsp3) is 0.300. The van der Waals surface area contributed by atoms with E-state index in [1.165, 1.54) is 12.1 Å². The van der Waals surface area contributed by atoms with Gasteiger partial charge in [-0.1, -0.05) is 30.3 Å². The van der Waals surface area contributed by atoms with Crippen molar-refractivity contribution < 1.29 is 14.0 Å². The summed E-state index contributed by atoms with van der Waals surface area (Å²) in [5.41, 5.74) is 7.62. The highest BCUT2D eigenvalue weighted by Crippen LogP contribution is 2.51. The van der Waals surface area contributed by atoms with Gasteiger partial charge in [-0.15, -0.1) is 0 Å². The zero-order valence-corrected chi connectivity index (χ0v) is 14.5. The third-order valence-corrected chi connectivity index (χ3v) is 5.90. The number of para-hydroxylation sites is 1. The minimum atomic E-state index is -0.909. The molecular weight excluding hydrogens is 347 g/mol. The van der Waals surface area contributed by atoms with E-state index in [2.05, 4.69) is 16.2 Å². The summed E-state index contributed by atoms with van der Waals surface area (Å²) in [5.74, 6) is -0.670. The summed E-state index contributed by atoms with van der Waals surface area (Å²) in [6.45, 7) is 0.855. The van der Waals surface area contributed by atoms with Crippen molar-refractivity contribution >= 4 is 17.5 Å². The molecule has 3 aliphatic rings. The van der Waals surface area contributed by atoms with Crippen LogP contribution < -0.4 is 21.1 Å². The van der Waals surface area contributed by atoms with Gasteiger partial charge in [0, 0.05) is 24.6 Å². The number of nitrogens with one attached hydrogen (secondary N) is 3. The summed E-state index contributed by atoms with van der Waals surface area (Å²) < 4.78 is 13.6. The molecule has 2 saturated heterocycles. The number of rotatable bonds is 2. The van der Waals surface area contributed by atoms with Gasteiger partial charge in [-0.3, -0.25) is 15.0 Å². The average molecular weight is 366 g/mol. The molecule has 3 atom stereocenters. The lowest BCUT2D eigenvalue weighted by atomic mass is 9.65. The third kappa shape index (κ3) is 2.32. The molecule has 0 radical (unpaired) electrons. The van der Waals surface area contributed by atoms with Crippen LogP contribution in [0.5, 0.6) is 0 Å². The van der Waals surface area contributed by atoms with Crippen LogP contribution in [0.1, 0.15) is 17.5 Å². The summed E-state index contributed by atoms with van der Waals surface area (Å²) in [7, 11) is 0. The Balaban J connectivity index is 1.62. The van der Waals surface area contributed by atoms with E-state index < -0.39 is 5.41 Å². The van der Waals surface area contributed by atoms with Crippen LogP contribution in [-0.2, 0) is 21.5 Å². The smallest absolute Gasteiger partial charge is 0.239 e. The molecule has 2 fully saturated rings. The molecule has 0 bridgehead atoms. The predicted octanol–water partition coefficient (Wildman–Crippen LogP) is 1.18. The first-order valence-electron chi connectivity index (χ1n) is 9.03. The molecule has 2 aromatic carbocycles. The topological polar surface area (TPSA) is 73.5 Å². The normalized spacial score (nSPS) is 29.0. The van der Waals surface area contributed by atoms with Gasteiger partial charge in [-0.2, -0.15) is 0 Å². The number of halogens is 1. The second-order valence-electron chi connectivity index (χ2n) is 7.36. The second-order valence-corrected chi connectivity index (χ2v) is 7.36. The van der Waals surface area contributed by atoms with E-state index in [-0.39, 0.29) is 42.7 Å². The van der Waals surface area contributed by atoms with Crippen LogP contribution in [0.2, 0.25) is 0 Å². The molecule has 6 nitrogen and oxygen atoms in total. The first-order chi connectivity index (χ1) is 13.1. The van der Waals surface area contributed by atoms with Crippen molar-refractivity contribution in [1.82, 2.24) is 16.2 Å². The predicted molar refractivity (Wildman–Crippen MR) is 96.9 cm³/mol. The third-order valence-electron chi connectivity index (χ3n) is 5.90. The Labute approximate surface area is 155 Å². The molecule has 138 valence electrons. The number of hydrogen-bond acceptors (Lipinski definition) is 4. The number of carbonyl (C=O) groups excluding carboxylic acids is 2. The molecule has 3 heterocycles. The fourth-order valence-corrected chi connectivity index (χ4v) is 4.76. The minimum absolute atomic E-state index is 0.0942. The monoisotopic (exact) mass is 366 g/mol. The standard InChI is InChI=1S/C20H19FN4O2/c21-13-5-3-4-12(8-13)11-25-16-7-2-1-6-14(16)20(19(25)27)9-17(26)23-18-15(20)10-22-24-18/h1-8,15,18,22,24H,9-11H2,(H,23,26). The molecule has 0 aliphatic carbocycles. The van der Waals surface area contributed by atoms with Crippen LogP contribution in [0.3, 0.4) is 0 Å². The fourth-order valence-electron chi connectivity index (χ4n) is 4.76. The Morgan fingerprint density at radius 1 is 1.15 bits per heavy atom. The average Bonchev–Trinajstić information content (AvgIpc) is 3.21. The number of hydrazine groups is 1. The van der Waals surface area contributed by atoms with Crippen molar-refractivity contribution in [3.05, 3.63) is 65.5 Å².